The van der Waals surface area contributed by atoms with Crippen LogP contribution in [0.25, 0.3) is 0 Å². The van der Waals surface area contributed by atoms with Gasteiger partial charge in [-0.3, -0.25) is 4.57 Å². The first-order valence-corrected chi connectivity index (χ1v) is 5.91. The van der Waals surface area contributed by atoms with Crippen LogP contribution in [0.1, 0.15) is 0 Å². The van der Waals surface area contributed by atoms with E-state index in [9.17, 15) is 4.57 Å². The fourth-order valence-corrected chi connectivity index (χ4v) is 2.74. The van der Waals surface area contributed by atoms with Gasteiger partial charge in [0.15, 0.2) is 0 Å². The quantitative estimate of drug-likeness (QED) is 0.407. The summed E-state index contributed by atoms with van der Waals surface area (Å²) in [5, 5.41) is 13.3. The van der Waals surface area contributed by atoms with Crippen LogP contribution in [0.5, 0.6) is 0 Å². The molecule has 0 aromatic carbocycles. The van der Waals surface area contributed by atoms with E-state index in [4.69, 9.17) is 0 Å². The molecular weight excluding hydrogens is 203 g/mol. The van der Waals surface area contributed by atoms with Crippen molar-refractivity contribution in [3.63, 3.8) is 0 Å². The van der Waals surface area contributed by atoms with E-state index in [0.29, 0.717) is 0 Å². The van der Waals surface area contributed by atoms with Crippen molar-refractivity contribution in [2.24, 2.45) is 0 Å². The van der Waals surface area contributed by atoms with Gasteiger partial charge < -0.3 is 0 Å². The van der Waals surface area contributed by atoms with Crippen LogP contribution in [0, 0.1) is 0 Å². The number of nitrogens with zero attached hydrogens (tertiary/aromatic N) is 3. The van der Waals surface area contributed by atoms with Crippen molar-refractivity contribution in [2.45, 2.75) is 0 Å². The fraction of sp³-hybridized carbons (Fsp3) is 1.00. The Bertz CT molecular complexity index is 173. The molecule has 0 saturated carbocycles. The summed E-state index contributed by atoms with van der Waals surface area (Å²) in [5.41, 5.74) is 0. The van der Waals surface area contributed by atoms with Crippen LogP contribution >= 0.6 is 7.59 Å². The van der Waals surface area contributed by atoms with Crippen LogP contribution in [0.2, 0.25) is 0 Å². The topological polar surface area (TPSA) is 62.9 Å². The molecule has 0 aromatic rings. The molecule has 0 atom stereocenters. The van der Waals surface area contributed by atoms with Crippen molar-refractivity contribution in [1.82, 2.24) is 30.6 Å². The lowest BCUT2D eigenvalue weighted by atomic mass is 11.2. The second-order valence-corrected chi connectivity index (χ2v) is 5.41. The third-order valence-corrected chi connectivity index (χ3v) is 3.07. The van der Waals surface area contributed by atoms with Crippen LogP contribution in [-0.2, 0) is 4.57 Å². The molecule has 0 fully saturated rings. The van der Waals surface area contributed by atoms with Crippen molar-refractivity contribution in [3.8, 4) is 0 Å². The third kappa shape index (κ3) is 6.44. The molecule has 0 aliphatic carbocycles. The minimum absolute atomic E-state index is 1.63. The third-order valence-electron chi connectivity index (χ3n) is 1.02. The molecule has 0 heterocycles. The van der Waals surface area contributed by atoms with Crippen LogP contribution in [0.4, 0.5) is 0 Å². The van der Waals surface area contributed by atoms with E-state index in [0.717, 1.165) is 0 Å². The molecule has 0 bridgehead atoms. The van der Waals surface area contributed by atoms with Gasteiger partial charge in [0.1, 0.15) is 0 Å². The number of nitrogens with one attached hydrogen (secondary N) is 3. The predicted molar refractivity (Wildman–Crippen MR) is 58.1 cm³/mol. The molecule has 14 heavy (non-hydrogen) atoms. The molecular formula is C6H21N6OP. The average Bonchev–Trinajstić information content (AvgIpc) is 1.76. The van der Waals surface area contributed by atoms with Crippen molar-refractivity contribution in [1.29, 1.82) is 0 Å². The van der Waals surface area contributed by atoms with Gasteiger partial charge in [-0.15, -0.1) is 0 Å². The highest BCUT2D eigenvalue weighted by Gasteiger charge is 2.23. The van der Waals surface area contributed by atoms with E-state index in [-0.39, 0.29) is 0 Å². The molecule has 0 saturated heterocycles. The zero-order valence-electron chi connectivity index (χ0n) is 9.70. The molecule has 3 N–H and O–H groups in total. The maximum atomic E-state index is 12.2. The van der Waals surface area contributed by atoms with Gasteiger partial charge in [-0.05, 0) is 0 Å². The lowest BCUT2D eigenvalue weighted by molar-refractivity contribution is 0.283. The maximum Gasteiger partial charge on any atom is 0.318 e. The Morgan fingerprint density at radius 1 is 0.714 bits per heavy atom. The van der Waals surface area contributed by atoms with Crippen molar-refractivity contribution in [2.75, 3.05) is 42.3 Å². The molecule has 0 aliphatic rings. The number of hydrazine groups is 3. The molecule has 0 radical (unpaired) electrons. The molecule has 8 heteroatoms. The number of hydrogen-bond donors (Lipinski definition) is 3. The highest BCUT2D eigenvalue weighted by molar-refractivity contribution is 7.57. The monoisotopic (exact) mass is 224 g/mol. The van der Waals surface area contributed by atoms with Gasteiger partial charge in [0.2, 0.25) is 0 Å². The molecule has 0 spiro atoms. The van der Waals surface area contributed by atoms with E-state index in [2.05, 4.69) is 15.6 Å². The highest BCUT2D eigenvalue weighted by Crippen LogP contribution is 2.30. The standard InChI is InChI=1S/C6H21N6OP/c1-10(2)7-14(13,8-11(3)4)9-12(5)6/h1-6H3,(H3,7,8,9,13). The van der Waals surface area contributed by atoms with Crippen LogP contribution in [0.15, 0.2) is 0 Å². The molecule has 0 rings (SSSR count). The van der Waals surface area contributed by atoms with Crippen LogP contribution < -0.4 is 15.6 Å². The lowest BCUT2D eigenvalue weighted by Gasteiger charge is -2.29. The Morgan fingerprint density at radius 3 is 1.07 bits per heavy atom. The smallest absolute Gasteiger partial charge is 0.267 e. The van der Waals surface area contributed by atoms with E-state index >= 15 is 0 Å². The first-order valence-electron chi connectivity index (χ1n) is 4.21. The maximum absolute atomic E-state index is 12.2. The fourth-order valence-electron chi connectivity index (χ4n) is 0.912. The molecule has 86 valence electrons. The second kappa shape index (κ2) is 5.77. The van der Waals surface area contributed by atoms with Gasteiger partial charge in [-0.1, -0.05) is 0 Å². The largest absolute Gasteiger partial charge is 0.318 e. The molecule has 7 nitrogen and oxygen atoms in total. The first-order chi connectivity index (χ1) is 6.25. The summed E-state index contributed by atoms with van der Waals surface area (Å²) in [4.78, 5) is 0. The predicted octanol–water partition coefficient (Wildman–Crippen LogP) is -0.707. The second-order valence-electron chi connectivity index (χ2n) is 3.59. The Kier molecular flexibility index (Phi) is 5.77. The number of rotatable bonds is 6. The molecule has 0 aromatic heterocycles. The summed E-state index contributed by atoms with van der Waals surface area (Å²) >= 11 is 0. The normalized spacial score (nSPS) is 13.2. The van der Waals surface area contributed by atoms with Gasteiger partial charge in [-0.2, -0.15) is 15.6 Å². The summed E-state index contributed by atoms with van der Waals surface area (Å²) in [5.74, 6) is 0. The molecule has 0 amide bonds. The van der Waals surface area contributed by atoms with Gasteiger partial charge in [-0.25, -0.2) is 15.0 Å². The summed E-state index contributed by atoms with van der Waals surface area (Å²) in [6.45, 7) is 0. The summed E-state index contributed by atoms with van der Waals surface area (Å²) in [6.07, 6.45) is 0. The van der Waals surface area contributed by atoms with Crippen molar-refractivity contribution < 1.29 is 4.57 Å². The van der Waals surface area contributed by atoms with Gasteiger partial charge >= 0.3 is 7.59 Å². The minimum Gasteiger partial charge on any atom is -0.267 e. The van der Waals surface area contributed by atoms with E-state index < -0.39 is 7.59 Å². The number of hydrogen-bond acceptors (Lipinski definition) is 4. The van der Waals surface area contributed by atoms with E-state index in [1.165, 1.54) is 0 Å². The summed E-state index contributed by atoms with van der Waals surface area (Å²) in [7, 11) is 7.81. The Balaban J connectivity index is 4.41. The van der Waals surface area contributed by atoms with E-state index in [1.54, 1.807) is 57.3 Å². The van der Waals surface area contributed by atoms with Crippen molar-refractivity contribution >= 4 is 7.59 Å². The first kappa shape index (κ1) is 14.0. The van der Waals surface area contributed by atoms with Gasteiger partial charge in [0.05, 0.1) is 0 Å². The van der Waals surface area contributed by atoms with Crippen LogP contribution in [0.3, 0.4) is 0 Å². The highest BCUT2D eigenvalue weighted by atomic mass is 31.2. The van der Waals surface area contributed by atoms with E-state index in [1.807, 2.05) is 0 Å². The Labute approximate surface area is 85.9 Å². The average molecular weight is 224 g/mol. The van der Waals surface area contributed by atoms with Gasteiger partial charge in [0, 0.05) is 42.3 Å². The molecule has 0 unspecified atom stereocenters. The summed E-state index contributed by atoms with van der Waals surface area (Å²) < 4.78 is 12.2. The lowest BCUT2D eigenvalue weighted by Crippen LogP contribution is -2.46. The van der Waals surface area contributed by atoms with Crippen molar-refractivity contribution in [3.05, 3.63) is 0 Å². The Hall–Kier alpha value is -0.0100. The summed E-state index contributed by atoms with van der Waals surface area (Å²) in [6, 6.07) is 0. The molecule has 0 aliphatic heterocycles. The zero-order chi connectivity index (χ0) is 11.4. The zero-order valence-corrected chi connectivity index (χ0v) is 10.6. The SMILES string of the molecule is CN(C)NP(=O)(NN(C)C)NN(C)C. The Morgan fingerprint density at radius 2 is 0.929 bits per heavy atom. The minimum atomic E-state index is -2.86. The van der Waals surface area contributed by atoms with Gasteiger partial charge in [0.25, 0.3) is 0 Å². The van der Waals surface area contributed by atoms with Crippen LogP contribution in [-0.4, -0.2) is 57.3 Å².